The quantitative estimate of drug-likeness (QED) is 0.809. The van der Waals surface area contributed by atoms with Crippen LogP contribution in [0.1, 0.15) is 37.3 Å². The van der Waals surface area contributed by atoms with Gasteiger partial charge in [0, 0.05) is 11.7 Å². The fraction of sp³-hybridized carbons (Fsp3) is 0.467. The van der Waals surface area contributed by atoms with Gasteiger partial charge in [0.05, 0.1) is 12.1 Å². The highest BCUT2D eigenvalue weighted by molar-refractivity contribution is 5.85. The molecule has 0 spiro atoms. The summed E-state index contributed by atoms with van der Waals surface area (Å²) in [4.78, 5) is 3.19. The van der Waals surface area contributed by atoms with E-state index < -0.39 is 6.10 Å². The summed E-state index contributed by atoms with van der Waals surface area (Å²) in [6, 6.07) is 7.90. The zero-order valence-corrected chi connectivity index (χ0v) is 11.7. The average Bonchev–Trinajstić information content (AvgIpc) is 3.06. The van der Waals surface area contributed by atoms with Gasteiger partial charge in [-0.2, -0.15) is 0 Å². The highest BCUT2D eigenvalue weighted by Crippen LogP contribution is 2.33. The molecule has 1 aromatic carbocycles. The van der Waals surface area contributed by atoms with E-state index in [0.717, 1.165) is 23.9 Å². The molecule has 0 saturated heterocycles. The number of hydrogen-bond acceptors (Lipinski definition) is 2. The standard InChI is InChI=1S/C15H20N2O.ClH/c16-14(15(18)11-3-1-2-4-11)12-6-5-10-7-8-17-13(10)9-12;/h5-9,11,14-15,17-18H,1-4,16H2;1H/t14-,15+;/m1./s1. The minimum absolute atomic E-state index is 0. The lowest BCUT2D eigenvalue weighted by Gasteiger charge is -2.24. The Balaban J connectivity index is 0.00000133. The number of nitrogens with two attached hydrogens (primary N) is 1. The molecule has 0 amide bonds. The summed E-state index contributed by atoms with van der Waals surface area (Å²) in [7, 11) is 0. The molecule has 0 bridgehead atoms. The molecule has 1 fully saturated rings. The Morgan fingerprint density at radius 3 is 2.68 bits per heavy atom. The van der Waals surface area contributed by atoms with Crippen molar-refractivity contribution in [1.29, 1.82) is 0 Å². The molecule has 1 heterocycles. The second-order valence-electron chi connectivity index (χ2n) is 5.39. The summed E-state index contributed by atoms with van der Waals surface area (Å²) in [6.07, 6.45) is 6.18. The molecule has 4 N–H and O–H groups in total. The predicted octanol–water partition coefficient (Wildman–Crippen LogP) is 3.14. The van der Waals surface area contributed by atoms with Crippen molar-refractivity contribution in [2.75, 3.05) is 0 Å². The Morgan fingerprint density at radius 2 is 1.95 bits per heavy atom. The highest BCUT2D eigenvalue weighted by atomic mass is 35.5. The predicted molar refractivity (Wildman–Crippen MR) is 80.4 cm³/mol. The van der Waals surface area contributed by atoms with Gasteiger partial charge in [0.2, 0.25) is 0 Å². The molecule has 1 aliphatic carbocycles. The maximum atomic E-state index is 10.4. The van der Waals surface area contributed by atoms with Crippen LogP contribution in [0.3, 0.4) is 0 Å². The van der Waals surface area contributed by atoms with Crippen molar-refractivity contribution in [3.05, 3.63) is 36.0 Å². The largest absolute Gasteiger partial charge is 0.391 e. The van der Waals surface area contributed by atoms with Crippen LogP contribution in [-0.4, -0.2) is 16.2 Å². The zero-order chi connectivity index (χ0) is 12.5. The van der Waals surface area contributed by atoms with Gasteiger partial charge in [-0.3, -0.25) is 0 Å². The van der Waals surface area contributed by atoms with E-state index in [9.17, 15) is 5.11 Å². The minimum Gasteiger partial charge on any atom is -0.391 e. The van der Waals surface area contributed by atoms with Gasteiger partial charge >= 0.3 is 0 Å². The number of benzene rings is 1. The monoisotopic (exact) mass is 280 g/mol. The van der Waals surface area contributed by atoms with E-state index >= 15 is 0 Å². The molecule has 0 radical (unpaired) electrons. The van der Waals surface area contributed by atoms with Crippen LogP contribution in [0.5, 0.6) is 0 Å². The third-order valence-corrected chi connectivity index (χ3v) is 4.21. The van der Waals surface area contributed by atoms with Crippen molar-refractivity contribution in [3.8, 4) is 0 Å². The molecule has 1 saturated carbocycles. The number of hydrogen-bond donors (Lipinski definition) is 3. The SMILES string of the molecule is Cl.N[C@H](c1ccc2cc[nH]c2c1)[C@@H](O)C1CCCC1. The number of rotatable bonds is 3. The fourth-order valence-electron chi connectivity index (χ4n) is 3.06. The minimum atomic E-state index is -0.417. The second kappa shape index (κ2) is 5.95. The van der Waals surface area contributed by atoms with E-state index in [-0.39, 0.29) is 18.4 Å². The highest BCUT2D eigenvalue weighted by Gasteiger charge is 2.28. The smallest absolute Gasteiger partial charge is 0.0760 e. The number of aliphatic hydroxyl groups excluding tert-OH is 1. The molecule has 0 unspecified atom stereocenters. The van der Waals surface area contributed by atoms with Crippen LogP contribution in [0, 0.1) is 5.92 Å². The van der Waals surface area contributed by atoms with Gasteiger partial charge in [-0.15, -0.1) is 12.4 Å². The van der Waals surface area contributed by atoms with E-state index in [1.807, 2.05) is 18.3 Å². The molecule has 2 atom stereocenters. The first kappa shape index (κ1) is 14.4. The summed E-state index contributed by atoms with van der Waals surface area (Å²) in [5, 5.41) is 11.5. The number of aliphatic hydroxyl groups is 1. The summed E-state index contributed by atoms with van der Waals surface area (Å²) in [6.45, 7) is 0. The first-order valence-corrected chi connectivity index (χ1v) is 6.76. The molecule has 0 aliphatic heterocycles. The molecule has 3 nitrogen and oxygen atoms in total. The Hall–Kier alpha value is -1.03. The van der Waals surface area contributed by atoms with E-state index in [1.165, 1.54) is 18.2 Å². The number of aromatic amines is 1. The molecular weight excluding hydrogens is 260 g/mol. The lowest BCUT2D eigenvalue weighted by atomic mass is 9.90. The lowest BCUT2D eigenvalue weighted by molar-refractivity contribution is 0.0845. The number of fused-ring (bicyclic) bond motifs is 1. The van der Waals surface area contributed by atoms with E-state index in [1.54, 1.807) is 0 Å². The summed E-state index contributed by atoms with van der Waals surface area (Å²) in [5.41, 5.74) is 8.32. The van der Waals surface area contributed by atoms with Crippen LogP contribution in [0.2, 0.25) is 0 Å². The van der Waals surface area contributed by atoms with Gasteiger partial charge in [0.25, 0.3) is 0 Å². The molecule has 3 rings (SSSR count). The summed E-state index contributed by atoms with van der Waals surface area (Å²) < 4.78 is 0. The maximum Gasteiger partial charge on any atom is 0.0760 e. The van der Waals surface area contributed by atoms with Crippen LogP contribution in [-0.2, 0) is 0 Å². The van der Waals surface area contributed by atoms with Gasteiger partial charge in [0.15, 0.2) is 0 Å². The van der Waals surface area contributed by atoms with Crippen LogP contribution in [0.4, 0.5) is 0 Å². The Kier molecular flexibility index (Phi) is 4.50. The maximum absolute atomic E-state index is 10.4. The molecule has 1 aromatic heterocycles. The van der Waals surface area contributed by atoms with Gasteiger partial charge in [-0.25, -0.2) is 0 Å². The Morgan fingerprint density at radius 1 is 1.21 bits per heavy atom. The molecule has 2 aromatic rings. The average molecular weight is 281 g/mol. The van der Waals surface area contributed by atoms with Crippen molar-refractivity contribution in [2.45, 2.75) is 37.8 Å². The lowest BCUT2D eigenvalue weighted by Crippen LogP contribution is -2.31. The zero-order valence-electron chi connectivity index (χ0n) is 10.9. The topological polar surface area (TPSA) is 62.0 Å². The van der Waals surface area contributed by atoms with Crippen LogP contribution in [0.25, 0.3) is 10.9 Å². The molecule has 19 heavy (non-hydrogen) atoms. The number of H-pyrrole nitrogens is 1. The third-order valence-electron chi connectivity index (χ3n) is 4.21. The van der Waals surface area contributed by atoms with Crippen molar-refractivity contribution >= 4 is 23.3 Å². The van der Waals surface area contributed by atoms with Crippen molar-refractivity contribution in [2.24, 2.45) is 11.7 Å². The summed E-state index contributed by atoms with van der Waals surface area (Å²) >= 11 is 0. The van der Waals surface area contributed by atoms with E-state index in [0.29, 0.717) is 5.92 Å². The van der Waals surface area contributed by atoms with Crippen molar-refractivity contribution in [1.82, 2.24) is 4.98 Å². The van der Waals surface area contributed by atoms with E-state index in [2.05, 4.69) is 17.1 Å². The number of aromatic nitrogens is 1. The fourth-order valence-corrected chi connectivity index (χ4v) is 3.06. The Bertz CT molecular complexity index is 534. The van der Waals surface area contributed by atoms with Gasteiger partial charge in [-0.1, -0.05) is 25.0 Å². The van der Waals surface area contributed by atoms with Crippen LogP contribution >= 0.6 is 12.4 Å². The molecular formula is C15H21ClN2O. The number of nitrogens with one attached hydrogen (secondary N) is 1. The van der Waals surface area contributed by atoms with E-state index in [4.69, 9.17) is 5.73 Å². The number of halogens is 1. The Labute approximate surface area is 119 Å². The first-order chi connectivity index (χ1) is 8.75. The second-order valence-corrected chi connectivity index (χ2v) is 5.39. The first-order valence-electron chi connectivity index (χ1n) is 6.76. The summed E-state index contributed by atoms with van der Waals surface area (Å²) in [5.74, 6) is 0.374. The normalized spacial score (nSPS) is 19.3. The third kappa shape index (κ3) is 2.78. The van der Waals surface area contributed by atoms with Gasteiger partial charge < -0.3 is 15.8 Å². The molecule has 1 aliphatic rings. The van der Waals surface area contributed by atoms with Crippen LogP contribution < -0.4 is 5.73 Å². The molecule has 104 valence electrons. The van der Waals surface area contributed by atoms with Gasteiger partial charge in [-0.05, 0) is 41.8 Å². The molecule has 4 heteroatoms. The van der Waals surface area contributed by atoms with Crippen LogP contribution in [0.15, 0.2) is 30.5 Å². The van der Waals surface area contributed by atoms with Crippen molar-refractivity contribution < 1.29 is 5.11 Å². The van der Waals surface area contributed by atoms with Crippen molar-refractivity contribution in [3.63, 3.8) is 0 Å². The van der Waals surface area contributed by atoms with Gasteiger partial charge in [0.1, 0.15) is 0 Å².